The van der Waals surface area contributed by atoms with Gasteiger partial charge in [0.2, 0.25) is 0 Å². The van der Waals surface area contributed by atoms with Crippen LogP contribution in [0.15, 0.2) is 0 Å². The highest BCUT2D eigenvalue weighted by Gasteiger charge is 2.38. The molecule has 0 atom stereocenters. The van der Waals surface area contributed by atoms with Crippen LogP contribution in [0.5, 0.6) is 0 Å². The monoisotopic (exact) mass is 212 g/mol. The molecule has 1 aliphatic carbocycles. The molecule has 2 fully saturated rings. The Morgan fingerprint density at radius 1 is 1.33 bits per heavy atom. The minimum absolute atomic E-state index is 0.171. The summed E-state index contributed by atoms with van der Waals surface area (Å²) in [6.45, 7) is 4.21. The lowest BCUT2D eigenvalue weighted by Gasteiger charge is -2.26. The number of nitrogens with two attached hydrogens (primary N) is 1. The first-order chi connectivity index (χ1) is 7.18. The molecule has 2 N–H and O–H groups in total. The fourth-order valence-electron chi connectivity index (χ4n) is 2.37. The van der Waals surface area contributed by atoms with Crippen molar-refractivity contribution >= 4 is 0 Å². The molecule has 0 bridgehead atoms. The summed E-state index contributed by atoms with van der Waals surface area (Å²) < 4.78 is 5.36. The fourth-order valence-corrected chi connectivity index (χ4v) is 2.37. The van der Waals surface area contributed by atoms with E-state index in [2.05, 4.69) is 11.9 Å². The van der Waals surface area contributed by atoms with E-state index in [9.17, 15) is 0 Å². The zero-order valence-corrected chi connectivity index (χ0v) is 9.87. The Morgan fingerprint density at radius 2 is 2.00 bits per heavy atom. The van der Waals surface area contributed by atoms with Crippen molar-refractivity contribution in [1.82, 2.24) is 4.90 Å². The zero-order chi connectivity index (χ0) is 10.7. The lowest BCUT2D eigenvalue weighted by atomic mass is 9.96. The van der Waals surface area contributed by atoms with Gasteiger partial charge in [0.1, 0.15) is 0 Å². The number of likely N-dealkylation sites (N-methyl/N-ethyl adjacent to an activating group) is 1. The summed E-state index contributed by atoms with van der Waals surface area (Å²) >= 11 is 0. The first-order valence-corrected chi connectivity index (χ1v) is 6.23. The summed E-state index contributed by atoms with van der Waals surface area (Å²) in [5.41, 5.74) is 6.27. The van der Waals surface area contributed by atoms with Gasteiger partial charge in [0.15, 0.2) is 0 Å². The molecule has 1 heterocycles. The topological polar surface area (TPSA) is 38.5 Å². The van der Waals surface area contributed by atoms with Crippen LogP contribution in [-0.4, -0.2) is 43.8 Å². The van der Waals surface area contributed by atoms with Gasteiger partial charge in [0.05, 0.1) is 0 Å². The summed E-state index contributed by atoms with van der Waals surface area (Å²) in [6, 6.07) is 0. The van der Waals surface area contributed by atoms with Crippen molar-refractivity contribution in [2.75, 3.05) is 33.4 Å². The fraction of sp³-hybridized carbons (Fsp3) is 1.00. The Hall–Kier alpha value is -0.120. The van der Waals surface area contributed by atoms with Crippen LogP contribution in [0.25, 0.3) is 0 Å². The van der Waals surface area contributed by atoms with Crippen LogP contribution in [0.1, 0.15) is 32.1 Å². The summed E-state index contributed by atoms with van der Waals surface area (Å²) in [5.74, 6) is 0.883. The van der Waals surface area contributed by atoms with E-state index in [1.807, 2.05) is 0 Å². The highest BCUT2D eigenvalue weighted by atomic mass is 16.5. The van der Waals surface area contributed by atoms with E-state index < -0.39 is 0 Å². The quantitative estimate of drug-likeness (QED) is 0.745. The molecule has 3 heteroatoms. The molecule has 0 unspecified atom stereocenters. The van der Waals surface area contributed by atoms with Crippen molar-refractivity contribution in [3.63, 3.8) is 0 Å². The predicted molar refractivity (Wildman–Crippen MR) is 61.8 cm³/mol. The number of ether oxygens (including phenoxy) is 1. The van der Waals surface area contributed by atoms with Crippen molar-refractivity contribution < 1.29 is 4.74 Å². The number of hydrogen-bond acceptors (Lipinski definition) is 3. The molecular formula is C12H24N2O. The Morgan fingerprint density at radius 3 is 2.60 bits per heavy atom. The molecular weight excluding hydrogens is 188 g/mol. The van der Waals surface area contributed by atoms with Gasteiger partial charge in [-0.2, -0.15) is 0 Å². The van der Waals surface area contributed by atoms with Crippen molar-refractivity contribution in [2.24, 2.45) is 11.7 Å². The van der Waals surface area contributed by atoms with Crippen LogP contribution in [0.2, 0.25) is 0 Å². The average molecular weight is 212 g/mol. The van der Waals surface area contributed by atoms with Crippen LogP contribution in [0.3, 0.4) is 0 Å². The van der Waals surface area contributed by atoms with E-state index in [0.29, 0.717) is 0 Å². The summed E-state index contributed by atoms with van der Waals surface area (Å²) in [5, 5.41) is 0. The minimum Gasteiger partial charge on any atom is -0.381 e. The second kappa shape index (κ2) is 4.81. The van der Waals surface area contributed by atoms with Crippen molar-refractivity contribution in [3.05, 3.63) is 0 Å². The maximum atomic E-state index is 6.09. The van der Waals surface area contributed by atoms with E-state index >= 15 is 0 Å². The van der Waals surface area contributed by atoms with Gasteiger partial charge in [-0.05, 0) is 51.6 Å². The first kappa shape index (κ1) is 11.4. The second-order valence-electron chi connectivity index (χ2n) is 5.44. The predicted octanol–water partition coefficient (Wildman–Crippen LogP) is 1.23. The third-order valence-electron chi connectivity index (χ3n) is 3.74. The third-order valence-corrected chi connectivity index (χ3v) is 3.74. The molecule has 2 rings (SSSR count). The van der Waals surface area contributed by atoms with Gasteiger partial charge in [-0.15, -0.1) is 0 Å². The van der Waals surface area contributed by atoms with Gasteiger partial charge in [-0.3, -0.25) is 0 Å². The van der Waals surface area contributed by atoms with Crippen molar-refractivity contribution in [2.45, 2.75) is 37.6 Å². The van der Waals surface area contributed by atoms with Crippen LogP contribution < -0.4 is 5.73 Å². The van der Waals surface area contributed by atoms with Gasteiger partial charge >= 0.3 is 0 Å². The molecule has 0 aromatic heterocycles. The molecule has 1 saturated heterocycles. The average Bonchev–Trinajstić information content (AvgIpc) is 2.95. The Bertz CT molecular complexity index is 198. The largest absolute Gasteiger partial charge is 0.381 e. The Kier molecular flexibility index (Phi) is 3.65. The summed E-state index contributed by atoms with van der Waals surface area (Å²) in [4.78, 5) is 2.41. The number of nitrogens with zero attached hydrogens (tertiary/aromatic N) is 1. The first-order valence-electron chi connectivity index (χ1n) is 6.23. The van der Waals surface area contributed by atoms with Gasteiger partial charge in [-0.1, -0.05) is 0 Å². The molecule has 0 aromatic rings. The van der Waals surface area contributed by atoms with Crippen molar-refractivity contribution in [1.29, 1.82) is 0 Å². The van der Waals surface area contributed by atoms with Crippen LogP contribution in [0, 0.1) is 5.92 Å². The van der Waals surface area contributed by atoms with Gasteiger partial charge in [0, 0.05) is 25.3 Å². The smallest absolute Gasteiger partial charge is 0.0468 e. The lowest BCUT2D eigenvalue weighted by molar-refractivity contribution is 0.0607. The number of hydrogen-bond donors (Lipinski definition) is 1. The molecule has 1 saturated carbocycles. The van der Waals surface area contributed by atoms with E-state index in [4.69, 9.17) is 10.5 Å². The second-order valence-corrected chi connectivity index (χ2v) is 5.44. The molecule has 0 aromatic carbocycles. The normalized spacial score (nSPS) is 25.8. The lowest BCUT2D eigenvalue weighted by Crippen LogP contribution is -2.38. The molecule has 0 amide bonds. The molecule has 88 valence electrons. The Labute approximate surface area is 93.0 Å². The SMILES string of the molecule is CN(CCC1CCOCC1)CC1(N)CC1. The molecule has 15 heavy (non-hydrogen) atoms. The maximum absolute atomic E-state index is 6.09. The van der Waals surface area contributed by atoms with Gasteiger partial charge in [-0.25, -0.2) is 0 Å². The summed E-state index contributed by atoms with van der Waals surface area (Å²) in [7, 11) is 2.20. The standard InChI is InChI=1S/C12H24N2O/c1-14(10-12(13)5-6-12)7-2-11-3-8-15-9-4-11/h11H,2-10,13H2,1H3. The van der Waals surface area contributed by atoms with Gasteiger partial charge in [0.25, 0.3) is 0 Å². The highest BCUT2D eigenvalue weighted by Crippen LogP contribution is 2.32. The van der Waals surface area contributed by atoms with E-state index in [-0.39, 0.29) is 5.54 Å². The molecule has 0 spiro atoms. The summed E-state index contributed by atoms with van der Waals surface area (Å²) in [6.07, 6.45) is 6.25. The zero-order valence-electron chi connectivity index (χ0n) is 9.87. The van der Waals surface area contributed by atoms with E-state index in [1.165, 1.54) is 38.6 Å². The highest BCUT2D eigenvalue weighted by molar-refractivity contribution is 5.00. The van der Waals surface area contributed by atoms with E-state index in [0.717, 1.165) is 25.7 Å². The van der Waals surface area contributed by atoms with Crippen molar-refractivity contribution in [3.8, 4) is 0 Å². The third kappa shape index (κ3) is 3.74. The van der Waals surface area contributed by atoms with Crippen LogP contribution >= 0.6 is 0 Å². The van der Waals surface area contributed by atoms with Crippen LogP contribution in [0.4, 0.5) is 0 Å². The molecule has 3 nitrogen and oxygen atoms in total. The molecule has 1 aliphatic heterocycles. The van der Waals surface area contributed by atoms with E-state index in [1.54, 1.807) is 0 Å². The Balaban J connectivity index is 1.59. The minimum atomic E-state index is 0.171. The maximum Gasteiger partial charge on any atom is 0.0468 e. The van der Waals surface area contributed by atoms with Crippen LogP contribution in [-0.2, 0) is 4.74 Å². The molecule has 0 radical (unpaired) electrons. The molecule has 2 aliphatic rings. The number of rotatable bonds is 5. The van der Waals surface area contributed by atoms with Gasteiger partial charge < -0.3 is 15.4 Å².